The molecule has 1 aliphatic heterocycles. The van der Waals surface area contributed by atoms with E-state index in [9.17, 15) is 0 Å². The Bertz CT molecular complexity index is 1110. The van der Waals surface area contributed by atoms with Crippen LogP contribution in [0.15, 0.2) is 60.9 Å². The summed E-state index contributed by atoms with van der Waals surface area (Å²) in [5.74, 6) is 1.51. The minimum atomic E-state index is -0.0909. The lowest BCUT2D eigenvalue weighted by Gasteiger charge is -2.33. The van der Waals surface area contributed by atoms with Gasteiger partial charge in [-0.3, -0.25) is 4.98 Å². The number of ether oxygens (including phenoxy) is 2. The van der Waals surface area contributed by atoms with Crippen molar-refractivity contribution < 1.29 is 9.47 Å². The molecule has 3 heterocycles. The highest BCUT2D eigenvalue weighted by Crippen LogP contribution is 2.46. The van der Waals surface area contributed by atoms with Gasteiger partial charge in [-0.1, -0.05) is 25.3 Å². The Kier molecular flexibility index (Phi) is 6.22. The van der Waals surface area contributed by atoms with Gasteiger partial charge in [0.1, 0.15) is 17.5 Å². The number of rotatable bonds is 6. The Morgan fingerprint density at radius 3 is 2.58 bits per heavy atom. The zero-order valence-electron chi connectivity index (χ0n) is 19.1. The van der Waals surface area contributed by atoms with E-state index < -0.39 is 0 Å². The highest BCUT2D eigenvalue weighted by atomic mass is 32.1. The number of aromatic nitrogens is 2. The zero-order chi connectivity index (χ0) is 22.8. The van der Waals surface area contributed by atoms with Crippen LogP contribution in [0.5, 0.6) is 11.5 Å². The molecule has 1 saturated heterocycles. The number of nitrogens with one attached hydrogen (secondary N) is 1. The quantitative estimate of drug-likeness (QED) is 0.483. The molecule has 0 amide bonds. The van der Waals surface area contributed by atoms with Gasteiger partial charge in [0.05, 0.1) is 31.6 Å². The molecule has 5 rings (SSSR count). The van der Waals surface area contributed by atoms with Crippen molar-refractivity contribution in [3.63, 3.8) is 0 Å². The number of pyridine rings is 1. The van der Waals surface area contributed by atoms with Gasteiger partial charge in [-0.15, -0.1) is 0 Å². The standard InChI is InChI=1S/C26H30N4O2S/c1-31-19-13-14-23(32-2)22(17-19)30-25(24(28-26(30)33)20-11-6-7-15-27-20)21-12-8-16-29(21)18-9-4-3-5-10-18/h6-8,11-18,24-25H,3-5,9-10H2,1-2H3,(H,28,33). The van der Waals surface area contributed by atoms with E-state index in [-0.39, 0.29) is 12.1 Å². The normalized spacial score (nSPS) is 21.2. The largest absolute Gasteiger partial charge is 0.497 e. The van der Waals surface area contributed by atoms with E-state index in [2.05, 4.69) is 44.2 Å². The molecule has 3 aromatic rings. The van der Waals surface area contributed by atoms with Crippen molar-refractivity contribution in [1.82, 2.24) is 14.9 Å². The molecule has 0 radical (unpaired) electrons. The van der Waals surface area contributed by atoms with Gasteiger partial charge >= 0.3 is 0 Å². The fourth-order valence-electron chi connectivity index (χ4n) is 5.25. The van der Waals surface area contributed by atoms with Gasteiger partial charge in [-0.2, -0.15) is 0 Å². The topological polar surface area (TPSA) is 51.6 Å². The predicted octanol–water partition coefficient (Wildman–Crippen LogP) is 5.58. The summed E-state index contributed by atoms with van der Waals surface area (Å²) < 4.78 is 13.8. The van der Waals surface area contributed by atoms with E-state index in [1.807, 2.05) is 36.5 Å². The maximum Gasteiger partial charge on any atom is 0.174 e. The van der Waals surface area contributed by atoms with Gasteiger partial charge in [0, 0.05) is 30.2 Å². The van der Waals surface area contributed by atoms with Crippen molar-refractivity contribution in [3.8, 4) is 11.5 Å². The predicted molar refractivity (Wildman–Crippen MR) is 134 cm³/mol. The van der Waals surface area contributed by atoms with Crippen molar-refractivity contribution >= 4 is 23.0 Å². The van der Waals surface area contributed by atoms with Crippen LogP contribution in [0, 0.1) is 0 Å². The number of hydrogen-bond acceptors (Lipinski definition) is 4. The lowest BCUT2D eigenvalue weighted by molar-refractivity contribution is 0.339. The van der Waals surface area contributed by atoms with E-state index in [0.717, 1.165) is 22.9 Å². The van der Waals surface area contributed by atoms with Gasteiger partial charge in [-0.05, 0) is 61.5 Å². The van der Waals surface area contributed by atoms with E-state index in [1.54, 1.807) is 14.2 Å². The van der Waals surface area contributed by atoms with E-state index >= 15 is 0 Å². The fraction of sp³-hybridized carbons (Fsp3) is 0.385. The molecule has 1 aromatic carbocycles. The first-order valence-corrected chi connectivity index (χ1v) is 12.0. The highest BCUT2D eigenvalue weighted by Gasteiger charge is 2.43. The molecular formula is C26H30N4O2S. The second-order valence-electron chi connectivity index (χ2n) is 8.67. The molecule has 172 valence electrons. The van der Waals surface area contributed by atoms with Crippen LogP contribution < -0.4 is 19.7 Å². The first kappa shape index (κ1) is 21.8. The van der Waals surface area contributed by atoms with E-state index in [4.69, 9.17) is 21.7 Å². The average molecular weight is 463 g/mol. The summed E-state index contributed by atoms with van der Waals surface area (Å²) >= 11 is 5.92. The Morgan fingerprint density at radius 2 is 1.85 bits per heavy atom. The number of thiocarbonyl (C=S) groups is 1. The van der Waals surface area contributed by atoms with Crippen molar-refractivity contribution in [2.75, 3.05) is 19.1 Å². The Labute approximate surface area is 200 Å². The fourth-order valence-corrected chi connectivity index (χ4v) is 5.59. The molecule has 33 heavy (non-hydrogen) atoms. The van der Waals surface area contributed by atoms with Crippen molar-refractivity contribution in [2.45, 2.75) is 50.2 Å². The SMILES string of the molecule is COc1ccc(OC)c(N2C(=S)NC(c3ccccn3)C2c2cccn2C2CCCCC2)c1. The summed E-state index contributed by atoms with van der Waals surface area (Å²) in [6, 6.07) is 16.6. The Balaban J connectivity index is 1.65. The lowest BCUT2D eigenvalue weighted by Crippen LogP contribution is -2.31. The van der Waals surface area contributed by atoms with Crippen LogP contribution in [-0.4, -0.2) is 28.9 Å². The summed E-state index contributed by atoms with van der Waals surface area (Å²) in [6.45, 7) is 0. The molecule has 1 saturated carbocycles. The minimum absolute atomic E-state index is 0.0784. The highest BCUT2D eigenvalue weighted by molar-refractivity contribution is 7.80. The zero-order valence-corrected chi connectivity index (χ0v) is 19.9. The maximum absolute atomic E-state index is 5.92. The van der Waals surface area contributed by atoms with Gasteiger partial charge in [0.15, 0.2) is 5.11 Å². The van der Waals surface area contributed by atoms with E-state index in [0.29, 0.717) is 11.2 Å². The smallest absolute Gasteiger partial charge is 0.174 e. The number of nitrogens with zero attached hydrogens (tertiary/aromatic N) is 3. The molecule has 2 atom stereocenters. The van der Waals surface area contributed by atoms with Crippen LogP contribution in [0.25, 0.3) is 0 Å². The second-order valence-corrected chi connectivity index (χ2v) is 9.05. The van der Waals surface area contributed by atoms with Crippen LogP contribution in [0.3, 0.4) is 0 Å². The minimum Gasteiger partial charge on any atom is -0.497 e. The van der Waals surface area contributed by atoms with Gasteiger partial charge in [0.25, 0.3) is 0 Å². The third kappa shape index (κ3) is 4.06. The molecule has 1 N–H and O–H groups in total. The second kappa shape index (κ2) is 9.43. The van der Waals surface area contributed by atoms with Gasteiger partial charge < -0.3 is 24.3 Å². The molecule has 2 unspecified atom stereocenters. The van der Waals surface area contributed by atoms with Crippen molar-refractivity contribution in [3.05, 3.63) is 72.3 Å². The molecule has 0 bridgehead atoms. The molecular weight excluding hydrogens is 432 g/mol. The van der Waals surface area contributed by atoms with Crippen molar-refractivity contribution in [1.29, 1.82) is 0 Å². The van der Waals surface area contributed by atoms with Crippen LogP contribution >= 0.6 is 12.2 Å². The Morgan fingerprint density at radius 1 is 1.00 bits per heavy atom. The summed E-state index contributed by atoms with van der Waals surface area (Å²) in [5, 5.41) is 4.21. The molecule has 2 aromatic heterocycles. The van der Waals surface area contributed by atoms with Gasteiger partial charge in [-0.25, -0.2) is 0 Å². The summed E-state index contributed by atoms with van der Waals surface area (Å²) in [4.78, 5) is 6.86. The summed E-state index contributed by atoms with van der Waals surface area (Å²) in [6.07, 6.45) is 10.4. The monoisotopic (exact) mass is 462 g/mol. The van der Waals surface area contributed by atoms with Crippen LogP contribution in [-0.2, 0) is 0 Å². The molecule has 6 nitrogen and oxygen atoms in total. The molecule has 2 fully saturated rings. The molecule has 7 heteroatoms. The van der Waals surface area contributed by atoms with E-state index in [1.165, 1.54) is 37.8 Å². The Hall–Kier alpha value is -3.06. The van der Waals surface area contributed by atoms with Crippen LogP contribution in [0.4, 0.5) is 5.69 Å². The van der Waals surface area contributed by atoms with Crippen molar-refractivity contribution in [2.24, 2.45) is 0 Å². The lowest BCUT2D eigenvalue weighted by atomic mass is 9.94. The van der Waals surface area contributed by atoms with Crippen LogP contribution in [0.2, 0.25) is 0 Å². The summed E-state index contributed by atoms with van der Waals surface area (Å²) in [5.41, 5.74) is 3.08. The third-order valence-corrected chi connectivity index (χ3v) is 7.14. The van der Waals surface area contributed by atoms with Crippen LogP contribution in [0.1, 0.15) is 61.6 Å². The molecule has 1 aliphatic carbocycles. The molecule has 0 spiro atoms. The maximum atomic E-state index is 5.92. The van der Waals surface area contributed by atoms with Gasteiger partial charge in [0.2, 0.25) is 0 Å². The summed E-state index contributed by atoms with van der Waals surface area (Å²) in [7, 11) is 3.36. The first-order valence-electron chi connectivity index (χ1n) is 11.6. The number of methoxy groups -OCH3 is 2. The number of benzene rings is 1. The first-order chi connectivity index (χ1) is 16.2. The molecule has 2 aliphatic rings. The number of anilines is 1. The average Bonchev–Trinajstić information content (AvgIpc) is 3.49. The number of hydrogen-bond donors (Lipinski definition) is 1. The third-order valence-electron chi connectivity index (χ3n) is 6.83.